The third kappa shape index (κ3) is 3.62. The molecule has 1 amide bonds. The number of hydrogen-bond acceptors (Lipinski definition) is 5. The largest absolute Gasteiger partial charge is 0.373 e. The third-order valence-corrected chi connectivity index (χ3v) is 4.35. The summed E-state index contributed by atoms with van der Waals surface area (Å²) in [6.45, 7) is 3.97. The Labute approximate surface area is 145 Å². The van der Waals surface area contributed by atoms with Crippen LogP contribution in [0.4, 0.5) is 17.1 Å². The minimum atomic E-state index is -0.492. The van der Waals surface area contributed by atoms with Gasteiger partial charge in [-0.15, -0.1) is 0 Å². The summed E-state index contributed by atoms with van der Waals surface area (Å²) in [5, 5.41) is 14.7. The van der Waals surface area contributed by atoms with Gasteiger partial charge in [-0.25, -0.2) is 0 Å². The lowest BCUT2D eigenvalue weighted by Gasteiger charge is -2.24. The van der Waals surface area contributed by atoms with Gasteiger partial charge in [0.2, 0.25) is 5.91 Å². The maximum atomic E-state index is 12.8. The van der Waals surface area contributed by atoms with Gasteiger partial charge < -0.3 is 9.80 Å². The standard InChI is InChI=1S/C17H21N5O3/c1-13-10-19(2)15-5-3-4-6-16(15)21(11-13)17(23)7-8-20-12-14(9-18-20)22(24)25/h3-6,9,12-13H,7-8,10-11H2,1-2H3/t13-/m1/s1. The Hall–Kier alpha value is -2.90. The molecule has 0 bridgehead atoms. The molecule has 0 radical (unpaired) electrons. The second kappa shape index (κ2) is 6.92. The summed E-state index contributed by atoms with van der Waals surface area (Å²) in [6.07, 6.45) is 2.78. The van der Waals surface area contributed by atoms with Crippen LogP contribution in [0.3, 0.4) is 0 Å². The number of carbonyl (C=O) groups is 1. The van der Waals surface area contributed by atoms with Gasteiger partial charge in [0.15, 0.2) is 0 Å². The summed E-state index contributed by atoms with van der Waals surface area (Å²) >= 11 is 0. The molecule has 1 aromatic carbocycles. The average molecular weight is 343 g/mol. The van der Waals surface area contributed by atoms with Crippen LogP contribution >= 0.6 is 0 Å². The number of hydrogen-bond donors (Lipinski definition) is 0. The number of nitrogens with zero attached hydrogens (tertiary/aromatic N) is 5. The van der Waals surface area contributed by atoms with Crippen molar-refractivity contribution in [1.82, 2.24) is 9.78 Å². The molecule has 25 heavy (non-hydrogen) atoms. The van der Waals surface area contributed by atoms with Gasteiger partial charge >= 0.3 is 5.69 Å². The molecule has 0 aliphatic carbocycles. The first kappa shape index (κ1) is 16.9. The third-order valence-electron chi connectivity index (χ3n) is 4.35. The van der Waals surface area contributed by atoms with E-state index in [0.717, 1.165) is 17.9 Å². The lowest BCUT2D eigenvalue weighted by Crippen LogP contribution is -2.35. The summed E-state index contributed by atoms with van der Waals surface area (Å²) in [4.78, 5) is 27.0. The topological polar surface area (TPSA) is 84.5 Å². The molecule has 1 aromatic heterocycles. The van der Waals surface area contributed by atoms with Crippen LogP contribution in [0, 0.1) is 16.0 Å². The first-order chi connectivity index (χ1) is 12.0. The monoisotopic (exact) mass is 343 g/mol. The molecule has 1 atom stereocenters. The number of fused-ring (bicyclic) bond motifs is 1. The van der Waals surface area contributed by atoms with E-state index in [1.807, 2.05) is 36.2 Å². The highest BCUT2D eigenvalue weighted by Gasteiger charge is 2.26. The second-order valence-electron chi connectivity index (χ2n) is 6.45. The zero-order valence-electron chi connectivity index (χ0n) is 14.3. The van der Waals surface area contributed by atoms with Gasteiger partial charge in [-0.1, -0.05) is 19.1 Å². The number of rotatable bonds is 4. The molecule has 2 aromatic rings. The van der Waals surface area contributed by atoms with Gasteiger partial charge in [-0.2, -0.15) is 5.10 Å². The molecule has 132 valence electrons. The van der Waals surface area contributed by atoms with Crippen LogP contribution in [0.1, 0.15) is 13.3 Å². The summed E-state index contributed by atoms with van der Waals surface area (Å²) in [5.41, 5.74) is 1.88. The van der Waals surface area contributed by atoms with Gasteiger partial charge in [-0.05, 0) is 18.1 Å². The van der Waals surface area contributed by atoms with Crippen LogP contribution in [-0.2, 0) is 11.3 Å². The highest BCUT2D eigenvalue weighted by Crippen LogP contribution is 2.32. The number of amides is 1. The minimum Gasteiger partial charge on any atom is -0.373 e. The lowest BCUT2D eigenvalue weighted by atomic mass is 10.1. The van der Waals surface area contributed by atoms with Crippen molar-refractivity contribution in [1.29, 1.82) is 0 Å². The molecule has 0 spiro atoms. The number of aryl methyl sites for hydroxylation is 1. The summed E-state index contributed by atoms with van der Waals surface area (Å²) < 4.78 is 1.44. The van der Waals surface area contributed by atoms with Crippen LogP contribution in [0.5, 0.6) is 0 Å². The van der Waals surface area contributed by atoms with Crippen molar-refractivity contribution in [3.63, 3.8) is 0 Å². The van der Waals surface area contributed by atoms with Crippen molar-refractivity contribution in [2.45, 2.75) is 19.9 Å². The molecule has 0 unspecified atom stereocenters. The van der Waals surface area contributed by atoms with Crippen molar-refractivity contribution >= 4 is 23.0 Å². The number of carbonyl (C=O) groups excluding carboxylic acids is 1. The van der Waals surface area contributed by atoms with Gasteiger partial charge in [-0.3, -0.25) is 19.6 Å². The molecule has 1 aliphatic rings. The van der Waals surface area contributed by atoms with E-state index < -0.39 is 4.92 Å². The Morgan fingerprint density at radius 3 is 2.72 bits per heavy atom. The van der Waals surface area contributed by atoms with Crippen LogP contribution in [0.25, 0.3) is 0 Å². The van der Waals surface area contributed by atoms with Gasteiger partial charge in [0.05, 0.1) is 16.3 Å². The van der Waals surface area contributed by atoms with Gasteiger partial charge in [0.25, 0.3) is 0 Å². The molecule has 8 nitrogen and oxygen atoms in total. The number of aromatic nitrogens is 2. The Kier molecular flexibility index (Phi) is 4.69. The van der Waals surface area contributed by atoms with Crippen LogP contribution < -0.4 is 9.80 Å². The first-order valence-corrected chi connectivity index (χ1v) is 8.23. The van der Waals surface area contributed by atoms with Crippen molar-refractivity contribution in [3.8, 4) is 0 Å². The van der Waals surface area contributed by atoms with E-state index in [2.05, 4.69) is 16.9 Å². The van der Waals surface area contributed by atoms with E-state index in [1.54, 1.807) is 0 Å². The summed E-state index contributed by atoms with van der Waals surface area (Å²) in [6, 6.07) is 7.88. The van der Waals surface area contributed by atoms with Crippen LogP contribution in [0.15, 0.2) is 36.7 Å². The van der Waals surface area contributed by atoms with E-state index in [1.165, 1.54) is 17.1 Å². The zero-order valence-corrected chi connectivity index (χ0v) is 14.3. The second-order valence-corrected chi connectivity index (χ2v) is 6.45. The molecule has 2 heterocycles. The molecule has 1 aliphatic heterocycles. The van der Waals surface area contributed by atoms with Gasteiger partial charge in [0, 0.05) is 33.1 Å². The highest BCUT2D eigenvalue weighted by atomic mass is 16.6. The molecule has 8 heteroatoms. The van der Waals surface area contributed by atoms with E-state index >= 15 is 0 Å². The number of anilines is 2. The molecular weight excluding hydrogens is 322 g/mol. The maximum absolute atomic E-state index is 12.8. The molecule has 0 saturated carbocycles. The van der Waals surface area contributed by atoms with Crippen molar-refractivity contribution in [2.24, 2.45) is 5.92 Å². The summed E-state index contributed by atoms with van der Waals surface area (Å²) in [5.74, 6) is 0.333. The van der Waals surface area contributed by atoms with E-state index in [4.69, 9.17) is 0 Å². The fraction of sp³-hybridized carbons (Fsp3) is 0.412. The van der Waals surface area contributed by atoms with Crippen molar-refractivity contribution < 1.29 is 9.72 Å². The molecule has 3 rings (SSSR count). The van der Waals surface area contributed by atoms with E-state index in [-0.39, 0.29) is 18.0 Å². The average Bonchev–Trinajstić information content (AvgIpc) is 3.02. The fourth-order valence-electron chi connectivity index (χ4n) is 3.20. The van der Waals surface area contributed by atoms with E-state index in [9.17, 15) is 14.9 Å². The Balaban J connectivity index is 1.75. The zero-order chi connectivity index (χ0) is 18.0. The summed E-state index contributed by atoms with van der Waals surface area (Å²) in [7, 11) is 2.03. The van der Waals surface area contributed by atoms with Crippen LogP contribution in [-0.4, -0.2) is 40.7 Å². The lowest BCUT2D eigenvalue weighted by molar-refractivity contribution is -0.385. The van der Waals surface area contributed by atoms with Gasteiger partial charge in [0.1, 0.15) is 12.4 Å². The SMILES string of the molecule is C[C@@H]1CN(C)c2ccccc2N(C(=O)CCn2cc([N+](=O)[O-])cn2)C1. The first-order valence-electron chi connectivity index (χ1n) is 8.23. The van der Waals surface area contributed by atoms with Crippen molar-refractivity contribution in [3.05, 3.63) is 46.8 Å². The normalized spacial score (nSPS) is 17.1. The Bertz CT molecular complexity index is 788. The van der Waals surface area contributed by atoms with Crippen LogP contribution in [0.2, 0.25) is 0 Å². The molecule has 0 N–H and O–H groups in total. The Morgan fingerprint density at radius 1 is 1.32 bits per heavy atom. The molecule has 0 saturated heterocycles. The number of nitro groups is 1. The quantitative estimate of drug-likeness (QED) is 0.628. The molecule has 0 fully saturated rings. The molecular formula is C17H21N5O3. The number of para-hydroxylation sites is 2. The Morgan fingerprint density at radius 2 is 2.04 bits per heavy atom. The van der Waals surface area contributed by atoms with Crippen molar-refractivity contribution in [2.75, 3.05) is 29.9 Å². The minimum absolute atomic E-state index is 0.00671. The van der Waals surface area contributed by atoms with E-state index in [0.29, 0.717) is 19.0 Å². The number of benzene rings is 1. The predicted molar refractivity (Wildman–Crippen MR) is 94.7 cm³/mol. The maximum Gasteiger partial charge on any atom is 0.306 e. The highest BCUT2D eigenvalue weighted by molar-refractivity contribution is 5.97. The smallest absolute Gasteiger partial charge is 0.306 e. The fourth-order valence-corrected chi connectivity index (χ4v) is 3.20. The predicted octanol–water partition coefficient (Wildman–Crippen LogP) is 2.30.